The van der Waals surface area contributed by atoms with Crippen LogP contribution in [-0.4, -0.2) is 36.6 Å². The predicted octanol–water partition coefficient (Wildman–Crippen LogP) is 3.87. The van der Waals surface area contributed by atoms with Gasteiger partial charge in [0.15, 0.2) is 15.0 Å². The monoisotopic (exact) mass is 506 g/mol. The normalized spacial score (nSPS) is 11.6. The van der Waals surface area contributed by atoms with Crippen molar-refractivity contribution in [3.05, 3.63) is 73.8 Å². The van der Waals surface area contributed by atoms with Gasteiger partial charge in [0.05, 0.1) is 27.4 Å². The summed E-state index contributed by atoms with van der Waals surface area (Å²) >= 11 is 2.30. The van der Waals surface area contributed by atoms with Gasteiger partial charge in [-0.2, -0.15) is 4.98 Å². The van der Waals surface area contributed by atoms with Crippen molar-refractivity contribution in [2.45, 2.75) is 11.4 Å². The number of sulfone groups is 1. The van der Waals surface area contributed by atoms with Gasteiger partial charge in [0.25, 0.3) is 11.2 Å². The van der Waals surface area contributed by atoms with Crippen molar-refractivity contribution in [3.8, 4) is 10.6 Å². The lowest BCUT2D eigenvalue weighted by Gasteiger charge is -2.16. The number of rotatable bonds is 6. The maximum Gasteiger partial charge on any atom is 0.288 e. The summed E-state index contributed by atoms with van der Waals surface area (Å²) < 4.78 is 37.0. The summed E-state index contributed by atoms with van der Waals surface area (Å²) in [6.07, 6.45) is 0.912. The maximum absolute atomic E-state index is 13.1. The highest BCUT2D eigenvalue weighted by Crippen LogP contribution is 2.34. The minimum atomic E-state index is -3.76. The first-order valence-corrected chi connectivity index (χ1v) is 12.9. The quantitative estimate of drug-likeness (QED) is 0.285. The zero-order chi connectivity index (χ0) is 23.9. The first-order valence-electron chi connectivity index (χ1n) is 9.28. The van der Waals surface area contributed by atoms with Crippen LogP contribution in [0.5, 0.6) is 0 Å². The van der Waals surface area contributed by atoms with Gasteiger partial charge >= 0.3 is 0 Å². The van der Waals surface area contributed by atoms with Crippen LogP contribution in [0, 0.1) is 15.9 Å². The SMILES string of the molecule is CN(Cc1csc(-c2ccc(F)cc2)n1)c1nc(=O)c2cc(S(C)(=O)=O)cc([N+](=O)[O-])c2s1. The highest BCUT2D eigenvalue weighted by molar-refractivity contribution is 7.90. The number of hydrogen-bond acceptors (Lipinski definition) is 10. The van der Waals surface area contributed by atoms with Gasteiger partial charge in [-0.1, -0.05) is 11.3 Å². The van der Waals surface area contributed by atoms with E-state index >= 15 is 0 Å². The summed E-state index contributed by atoms with van der Waals surface area (Å²) in [6, 6.07) is 8.02. The van der Waals surface area contributed by atoms with E-state index in [4.69, 9.17) is 0 Å². The molecule has 0 spiro atoms. The molecule has 2 aromatic heterocycles. The van der Waals surface area contributed by atoms with Crippen LogP contribution in [0.3, 0.4) is 0 Å². The molecule has 2 aromatic carbocycles. The second kappa shape index (κ2) is 8.57. The van der Waals surface area contributed by atoms with Gasteiger partial charge in [0.2, 0.25) is 0 Å². The van der Waals surface area contributed by atoms with Gasteiger partial charge in [0, 0.05) is 30.3 Å². The fraction of sp³-hybridized carbons (Fsp3) is 0.150. The minimum Gasteiger partial charge on any atom is -0.345 e. The summed E-state index contributed by atoms with van der Waals surface area (Å²) in [5.74, 6) is -0.342. The number of thiazole rings is 1. The van der Waals surface area contributed by atoms with Gasteiger partial charge in [-0.05, 0) is 30.3 Å². The molecular formula is C20H15FN4O5S3. The predicted molar refractivity (Wildman–Crippen MR) is 125 cm³/mol. The van der Waals surface area contributed by atoms with Crippen molar-refractivity contribution in [2.24, 2.45) is 0 Å². The van der Waals surface area contributed by atoms with Crippen molar-refractivity contribution >= 4 is 53.4 Å². The van der Waals surface area contributed by atoms with Crippen LogP contribution in [0.15, 0.2) is 51.5 Å². The van der Waals surface area contributed by atoms with E-state index in [1.165, 1.54) is 23.5 Å². The van der Waals surface area contributed by atoms with E-state index in [1.807, 2.05) is 5.38 Å². The van der Waals surface area contributed by atoms with Crippen molar-refractivity contribution in [2.75, 3.05) is 18.2 Å². The minimum absolute atomic E-state index is 0.0412. The molecule has 0 aliphatic carbocycles. The van der Waals surface area contributed by atoms with Crippen LogP contribution >= 0.6 is 22.7 Å². The number of benzene rings is 2. The molecule has 0 saturated carbocycles. The Bertz CT molecular complexity index is 1550. The Morgan fingerprint density at radius 2 is 1.88 bits per heavy atom. The summed E-state index contributed by atoms with van der Waals surface area (Å²) in [4.78, 5) is 33.3. The molecule has 0 aliphatic heterocycles. The van der Waals surface area contributed by atoms with Gasteiger partial charge in [-0.15, -0.1) is 11.3 Å². The Labute approximate surface area is 194 Å². The molecule has 0 bridgehead atoms. The van der Waals surface area contributed by atoms with Crippen molar-refractivity contribution in [1.29, 1.82) is 0 Å². The van der Waals surface area contributed by atoms with E-state index in [9.17, 15) is 27.7 Å². The Hall–Kier alpha value is -3.29. The molecule has 13 heteroatoms. The molecule has 0 amide bonds. The third kappa shape index (κ3) is 4.74. The van der Waals surface area contributed by atoms with Crippen LogP contribution in [0.4, 0.5) is 15.2 Å². The number of halogens is 1. The van der Waals surface area contributed by atoms with E-state index < -0.39 is 26.0 Å². The smallest absolute Gasteiger partial charge is 0.288 e. The van der Waals surface area contributed by atoms with Crippen LogP contribution in [0.25, 0.3) is 20.7 Å². The molecular weight excluding hydrogens is 491 g/mol. The van der Waals surface area contributed by atoms with Gasteiger partial charge < -0.3 is 4.90 Å². The maximum atomic E-state index is 13.1. The number of hydrogen-bond donors (Lipinski definition) is 0. The molecule has 0 atom stereocenters. The molecule has 0 aliphatic rings. The summed E-state index contributed by atoms with van der Waals surface area (Å²) in [5, 5.41) is 14.2. The highest BCUT2D eigenvalue weighted by Gasteiger charge is 2.23. The third-order valence-electron chi connectivity index (χ3n) is 4.66. The molecule has 0 unspecified atom stereocenters. The van der Waals surface area contributed by atoms with Crippen molar-refractivity contribution in [3.63, 3.8) is 0 Å². The first-order chi connectivity index (χ1) is 15.5. The number of anilines is 1. The summed E-state index contributed by atoms with van der Waals surface area (Å²) in [6.45, 7) is 0.265. The van der Waals surface area contributed by atoms with E-state index in [0.717, 1.165) is 35.3 Å². The van der Waals surface area contributed by atoms with Crippen molar-refractivity contribution in [1.82, 2.24) is 9.97 Å². The first kappa shape index (κ1) is 22.9. The molecule has 2 heterocycles. The summed E-state index contributed by atoms with van der Waals surface area (Å²) in [7, 11) is -2.10. The van der Waals surface area contributed by atoms with E-state index in [2.05, 4.69) is 9.97 Å². The Balaban J connectivity index is 1.70. The average Bonchev–Trinajstić information content (AvgIpc) is 3.21. The van der Waals surface area contributed by atoms with Crippen LogP contribution < -0.4 is 10.5 Å². The Kier molecular flexibility index (Phi) is 5.95. The molecule has 33 heavy (non-hydrogen) atoms. The lowest BCUT2D eigenvalue weighted by molar-refractivity contribution is -0.383. The number of nitro groups is 1. The number of aromatic nitrogens is 2. The molecule has 9 nitrogen and oxygen atoms in total. The highest BCUT2D eigenvalue weighted by atomic mass is 32.2. The Morgan fingerprint density at radius 3 is 2.52 bits per heavy atom. The number of nitro benzene ring substituents is 1. The number of fused-ring (bicyclic) bond motifs is 1. The molecule has 0 radical (unpaired) electrons. The van der Waals surface area contributed by atoms with Gasteiger partial charge in [-0.25, -0.2) is 17.8 Å². The fourth-order valence-corrected chi connectivity index (χ4v) is 5.54. The van der Waals surface area contributed by atoms with Crippen LogP contribution in [0.2, 0.25) is 0 Å². The number of nitrogens with zero attached hydrogens (tertiary/aromatic N) is 4. The van der Waals surface area contributed by atoms with Gasteiger partial charge in [0.1, 0.15) is 15.5 Å². The number of non-ortho nitro benzene ring substituents is 1. The van der Waals surface area contributed by atoms with E-state index in [-0.39, 0.29) is 32.5 Å². The van der Waals surface area contributed by atoms with Gasteiger partial charge in [-0.3, -0.25) is 14.9 Å². The Morgan fingerprint density at radius 1 is 1.18 bits per heavy atom. The molecule has 170 valence electrons. The van der Waals surface area contributed by atoms with E-state index in [1.54, 1.807) is 24.1 Å². The topological polar surface area (TPSA) is 123 Å². The molecule has 4 aromatic rings. The second-order valence-corrected chi connectivity index (χ2v) is 11.0. The zero-order valence-electron chi connectivity index (χ0n) is 17.2. The van der Waals surface area contributed by atoms with Crippen LogP contribution in [0.1, 0.15) is 5.69 Å². The van der Waals surface area contributed by atoms with Crippen molar-refractivity contribution < 1.29 is 17.7 Å². The zero-order valence-corrected chi connectivity index (χ0v) is 19.6. The third-order valence-corrected chi connectivity index (χ3v) is 7.91. The average molecular weight is 507 g/mol. The molecule has 0 fully saturated rings. The lowest BCUT2D eigenvalue weighted by atomic mass is 10.2. The van der Waals surface area contributed by atoms with E-state index in [0.29, 0.717) is 10.7 Å². The lowest BCUT2D eigenvalue weighted by Crippen LogP contribution is -2.20. The summed E-state index contributed by atoms with van der Waals surface area (Å²) in [5.41, 5.74) is 0.204. The molecule has 4 rings (SSSR count). The fourth-order valence-electron chi connectivity index (χ4n) is 3.04. The second-order valence-electron chi connectivity index (χ2n) is 7.16. The molecule has 0 N–H and O–H groups in total. The largest absolute Gasteiger partial charge is 0.345 e. The standard InChI is InChI=1S/C20H15FN4O5S3/c1-24(9-13-10-31-19(22-13)11-3-5-12(21)6-4-11)20-23-18(26)15-7-14(33(2,29)30)8-16(25(27)28)17(15)32-20/h3-8,10H,9H2,1-2H3. The van der Waals surface area contributed by atoms with Crippen LogP contribution in [-0.2, 0) is 16.4 Å². The molecule has 0 saturated heterocycles.